The van der Waals surface area contributed by atoms with Gasteiger partial charge in [0.1, 0.15) is 0 Å². The molecule has 0 aliphatic heterocycles. The lowest BCUT2D eigenvalue weighted by Crippen LogP contribution is -2.34. The van der Waals surface area contributed by atoms with Crippen molar-refractivity contribution in [3.05, 3.63) is 35.4 Å². The maximum Gasteiger partial charge on any atom is 0.230 e. The van der Waals surface area contributed by atoms with E-state index in [2.05, 4.69) is 34.9 Å². The summed E-state index contributed by atoms with van der Waals surface area (Å²) in [7, 11) is 0. The van der Waals surface area contributed by atoms with Crippen LogP contribution in [0.1, 0.15) is 36.1 Å². The summed E-state index contributed by atoms with van der Waals surface area (Å²) >= 11 is 1.71. The molecule has 1 aromatic carbocycles. The molecule has 0 unspecified atom stereocenters. The fraction of sp³-hybridized carbons (Fsp3) is 0.500. The quantitative estimate of drug-likeness (QED) is 0.791. The van der Waals surface area contributed by atoms with Crippen molar-refractivity contribution in [1.82, 2.24) is 10.6 Å². The third-order valence-corrected chi connectivity index (χ3v) is 4.87. The van der Waals surface area contributed by atoms with Crippen molar-refractivity contribution in [1.29, 1.82) is 0 Å². The van der Waals surface area contributed by atoms with Crippen molar-refractivity contribution in [2.45, 2.75) is 31.4 Å². The van der Waals surface area contributed by atoms with E-state index < -0.39 is 0 Å². The Morgan fingerprint density at radius 3 is 2.81 bits per heavy atom. The lowest BCUT2D eigenvalue weighted by molar-refractivity contribution is -0.120. The van der Waals surface area contributed by atoms with E-state index in [0.717, 1.165) is 12.8 Å². The van der Waals surface area contributed by atoms with Crippen molar-refractivity contribution in [3.63, 3.8) is 0 Å². The van der Waals surface area contributed by atoms with E-state index in [9.17, 15) is 9.59 Å². The summed E-state index contributed by atoms with van der Waals surface area (Å²) < 4.78 is 0. The number of hydrogen-bond donors (Lipinski definition) is 2. The monoisotopic (exact) mass is 306 g/mol. The average Bonchev–Trinajstić information content (AvgIpc) is 2.49. The summed E-state index contributed by atoms with van der Waals surface area (Å²) in [5.41, 5.74) is 2.81. The van der Waals surface area contributed by atoms with Crippen LogP contribution in [0.4, 0.5) is 0 Å². The Hall–Kier alpha value is -1.49. The van der Waals surface area contributed by atoms with E-state index >= 15 is 0 Å². The minimum absolute atomic E-state index is 0.0356. The van der Waals surface area contributed by atoms with Gasteiger partial charge in [-0.25, -0.2) is 0 Å². The van der Waals surface area contributed by atoms with E-state index in [4.69, 9.17) is 0 Å². The predicted octanol–water partition coefficient (Wildman–Crippen LogP) is 2.05. The number of thioether (sulfide) groups is 1. The minimum atomic E-state index is -0.0718. The maximum absolute atomic E-state index is 11.8. The number of rotatable bonds is 6. The number of amides is 2. The molecule has 0 bridgehead atoms. The third-order valence-electron chi connectivity index (χ3n) is 3.55. The van der Waals surface area contributed by atoms with Gasteiger partial charge in [-0.15, -0.1) is 11.8 Å². The fourth-order valence-electron chi connectivity index (χ4n) is 2.55. The topological polar surface area (TPSA) is 58.2 Å². The molecule has 4 nitrogen and oxygen atoms in total. The first-order chi connectivity index (χ1) is 10.2. The Kier molecular flexibility index (Phi) is 6.11. The molecule has 21 heavy (non-hydrogen) atoms. The van der Waals surface area contributed by atoms with Gasteiger partial charge in [-0.2, -0.15) is 0 Å². The molecule has 0 aromatic heterocycles. The molecule has 0 heterocycles. The lowest BCUT2D eigenvalue weighted by Gasteiger charge is -2.24. The summed E-state index contributed by atoms with van der Waals surface area (Å²) in [5.74, 6) is 0.435. The second-order valence-electron chi connectivity index (χ2n) is 5.22. The van der Waals surface area contributed by atoms with Crippen LogP contribution in [-0.2, 0) is 16.0 Å². The summed E-state index contributed by atoms with van der Waals surface area (Å²) in [6.07, 6.45) is 3.48. The fourth-order valence-corrected chi connectivity index (χ4v) is 3.75. The first-order valence-corrected chi connectivity index (χ1v) is 8.42. The Morgan fingerprint density at radius 2 is 2.00 bits per heavy atom. The second-order valence-corrected chi connectivity index (χ2v) is 6.41. The highest BCUT2D eigenvalue weighted by Gasteiger charge is 2.20. The number of fused-ring (bicyclic) bond motifs is 1. The molecule has 0 radical (unpaired) electrons. The smallest absolute Gasteiger partial charge is 0.230 e. The molecule has 2 rings (SSSR count). The van der Waals surface area contributed by atoms with Crippen molar-refractivity contribution >= 4 is 23.6 Å². The Morgan fingerprint density at radius 1 is 1.24 bits per heavy atom. The number of nitrogens with one attached hydrogen (secondary N) is 2. The van der Waals surface area contributed by atoms with Gasteiger partial charge in [0.05, 0.1) is 5.75 Å². The highest BCUT2D eigenvalue weighted by Crippen LogP contribution is 2.39. The first-order valence-electron chi connectivity index (χ1n) is 7.37. The van der Waals surface area contributed by atoms with Crippen LogP contribution in [-0.4, -0.2) is 30.7 Å². The third kappa shape index (κ3) is 5.08. The van der Waals surface area contributed by atoms with E-state index in [1.165, 1.54) is 24.5 Å². The van der Waals surface area contributed by atoms with Gasteiger partial charge in [0.2, 0.25) is 11.8 Å². The van der Waals surface area contributed by atoms with Crippen LogP contribution < -0.4 is 10.6 Å². The second kappa shape index (κ2) is 8.08. The molecular weight excluding hydrogens is 284 g/mol. The molecule has 1 aromatic rings. The van der Waals surface area contributed by atoms with Crippen LogP contribution >= 0.6 is 11.8 Å². The zero-order chi connectivity index (χ0) is 15.1. The van der Waals surface area contributed by atoms with Crippen molar-refractivity contribution in [2.24, 2.45) is 0 Å². The number of carbonyl (C=O) groups is 2. The molecule has 114 valence electrons. The van der Waals surface area contributed by atoms with Gasteiger partial charge in [-0.3, -0.25) is 9.59 Å². The van der Waals surface area contributed by atoms with E-state index in [1.807, 2.05) is 0 Å². The van der Waals surface area contributed by atoms with Gasteiger partial charge in [0.25, 0.3) is 0 Å². The van der Waals surface area contributed by atoms with Crippen LogP contribution in [0.5, 0.6) is 0 Å². The van der Waals surface area contributed by atoms with E-state index in [0.29, 0.717) is 24.1 Å². The normalized spacial score (nSPS) is 16.9. The van der Waals surface area contributed by atoms with Crippen molar-refractivity contribution < 1.29 is 9.59 Å². The predicted molar refractivity (Wildman–Crippen MR) is 86.3 cm³/mol. The molecule has 0 fully saturated rings. The molecule has 0 saturated carbocycles. The molecular formula is C16H22N2O2S. The molecule has 1 aliphatic rings. The van der Waals surface area contributed by atoms with Gasteiger partial charge >= 0.3 is 0 Å². The Balaban J connectivity index is 1.74. The lowest BCUT2D eigenvalue weighted by atomic mass is 9.91. The Bertz CT molecular complexity index is 505. The molecule has 2 N–H and O–H groups in total. The van der Waals surface area contributed by atoms with Gasteiger partial charge in [-0.05, 0) is 30.4 Å². The van der Waals surface area contributed by atoms with E-state index in [1.54, 1.807) is 11.8 Å². The highest BCUT2D eigenvalue weighted by atomic mass is 32.2. The molecule has 2 amide bonds. The molecule has 0 spiro atoms. The van der Waals surface area contributed by atoms with Gasteiger partial charge in [0, 0.05) is 25.3 Å². The SMILES string of the molecule is CC(=O)NCCNC(=O)CS[C@H]1CCCc2ccccc21. The standard InChI is InChI=1S/C16H22N2O2S/c1-12(19)17-9-10-18-16(20)11-21-15-8-4-6-13-5-2-3-7-14(13)15/h2-3,5,7,15H,4,6,8-11H2,1H3,(H,17,19)(H,18,20)/t15-/m0/s1. The highest BCUT2D eigenvalue weighted by molar-refractivity contribution is 8.00. The van der Waals surface area contributed by atoms with E-state index in [-0.39, 0.29) is 11.8 Å². The van der Waals surface area contributed by atoms with Crippen LogP contribution in [0.25, 0.3) is 0 Å². The number of aryl methyl sites for hydroxylation is 1. The molecule has 5 heteroatoms. The van der Waals surface area contributed by atoms with Crippen molar-refractivity contribution in [2.75, 3.05) is 18.8 Å². The average molecular weight is 306 g/mol. The van der Waals surface area contributed by atoms with Gasteiger partial charge < -0.3 is 10.6 Å². The summed E-state index contributed by atoms with van der Waals surface area (Å²) in [6.45, 7) is 2.44. The summed E-state index contributed by atoms with van der Waals surface area (Å²) in [5, 5.41) is 5.91. The minimum Gasteiger partial charge on any atom is -0.355 e. The van der Waals surface area contributed by atoms with Gasteiger partial charge in [0.15, 0.2) is 0 Å². The van der Waals surface area contributed by atoms with Gasteiger partial charge in [-0.1, -0.05) is 24.3 Å². The van der Waals surface area contributed by atoms with Crippen LogP contribution in [0.15, 0.2) is 24.3 Å². The number of hydrogen-bond acceptors (Lipinski definition) is 3. The summed E-state index contributed by atoms with van der Waals surface area (Å²) in [4.78, 5) is 22.5. The largest absolute Gasteiger partial charge is 0.355 e. The first kappa shape index (κ1) is 15.9. The van der Waals surface area contributed by atoms with Crippen LogP contribution in [0.3, 0.4) is 0 Å². The molecule has 0 saturated heterocycles. The molecule has 1 aliphatic carbocycles. The summed E-state index contributed by atoms with van der Waals surface area (Å²) in [6, 6.07) is 8.53. The Labute approximate surface area is 130 Å². The number of benzene rings is 1. The van der Waals surface area contributed by atoms with Crippen LogP contribution in [0, 0.1) is 0 Å². The zero-order valence-electron chi connectivity index (χ0n) is 12.4. The van der Waals surface area contributed by atoms with Crippen molar-refractivity contribution in [3.8, 4) is 0 Å². The number of carbonyl (C=O) groups excluding carboxylic acids is 2. The molecule has 1 atom stereocenters. The zero-order valence-corrected chi connectivity index (χ0v) is 13.2. The van der Waals surface area contributed by atoms with Crippen LogP contribution in [0.2, 0.25) is 0 Å². The maximum atomic E-state index is 11.8.